The Morgan fingerprint density at radius 3 is 2.50 bits per heavy atom. The minimum absolute atomic E-state index is 0.340. The number of hydrogen-bond donors (Lipinski definition) is 1. The highest BCUT2D eigenvalue weighted by Gasteiger charge is 2.16. The van der Waals surface area contributed by atoms with Crippen LogP contribution in [0.4, 0.5) is 11.4 Å². The van der Waals surface area contributed by atoms with Gasteiger partial charge in [0, 0.05) is 24.5 Å². The molecule has 1 aliphatic heterocycles. The SMILES string of the molecule is COc1cccc(C(=O)OCC(=O)Nc2ccc(N3CCC(C)CC3)cc2)c1. The molecule has 6 nitrogen and oxygen atoms in total. The number of methoxy groups -OCH3 is 1. The second-order valence-corrected chi connectivity index (χ2v) is 7.07. The Hall–Kier alpha value is -3.02. The number of hydrogen-bond acceptors (Lipinski definition) is 5. The summed E-state index contributed by atoms with van der Waals surface area (Å²) in [4.78, 5) is 26.5. The topological polar surface area (TPSA) is 67.9 Å². The van der Waals surface area contributed by atoms with E-state index >= 15 is 0 Å². The molecule has 1 saturated heterocycles. The van der Waals surface area contributed by atoms with Crippen LogP contribution in [0.3, 0.4) is 0 Å². The monoisotopic (exact) mass is 382 g/mol. The van der Waals surface area contributed by atoms with E-state index in [0.29, 0.717) is 17.0 Å². The average molecular weight is 382 g/mol. The number of nitrogens with one attached hydrogen (secondary N) is 1. The van der Waals surface area contributed by atoms with Crippen molar-refractivity contribution in [3.63, 3.8) is 0 Å². The number of ether oxygens (including phenoxy) is 2. The molecule has 0 unspecified atom stereocenters. The number of esters is 1. The lowest BCUT2D eigenvalue weighted by Crippen LogP contribution is -2.32. The number of nitrogens with zero attached hydrogens (tertiary/aromatic N) is 1. The number of anilines is 2. The summed E-state index contributed by atoms with van der Waals surface area (Å²) < 4.78 is 10.2. The van der Waals surface area contributed by atoms with Crippen molar-refractivity contribution in [3.8, 4) is 5.75 Å². The second-order valence-electron chi connectivity index (χ2n) is 7.07. The summed E-state index contributed by atoms with van der Waals surface area (Å²) in [5, 5.41) is 2.75. The average Bonchev–Trinajstić information content (AvgIpc) is 2.73. The minimum atomic E-state index is -0.566. The Morgan fingerprint density at radius 1 is 1.11 bits per heavy atom. The standard InChI is InChI=1S/C22H26N2O4/c1-16-10-12-24(13-11-16)19-8-6-18(7-9-19)23-21(25)15-28-22(26)17-4-3-5-20(14-17)27-2/h3-9,14,16H,10-13,15H2,1-2H3,(H,23,25). The summed E-state index contributed by atoms with van der Waals surface area (Å²) in [5.41, 5.74) is 2.18. The molecule has 0 spiro atoms. The van der Waals surface area contributed by atoms with E-state index in [-0.39, 0.29) is 12.5 Å². The summed E-state index contributed by atoms with van der Waals surface area (Å²) >= 11 is 0. The van der Waals surface area contributed by atoms with E-state index in [1.165, 1.54) is 20.0 Å². The number of rotatable bonds is 6. The van der Waals surface area contributed by atoms with E-state index in [2.05, 4.69) is 17.1 Å². The maximum atomic E-state index is 12.1. The fraction of sp³-hybridized carbons (Fsp3) is 0.364. The first kappa shape index (κ1) is 19.7. The molecule has 2 aromatic carbocycles. The molecule has 0 aromatic heterocycles. The predicted octanol–water partition coefficient (Wildman–Crippen LogP) is 3.73. The van der Waals surface area contributed by atoms with Gasteiger partial charge in [-0.25, -0.2) is 4.79 Å². The van der Waals surface area contributed by atoms with Crippen molar-refractivity contribution in [2.75, 3.05) is 37.0 Å². The molecule has 6 heteroatoms. The van der Waals surface area contributed by atoms with Gasteiger partial charge in [-0.1, -0.05) is 13.0 Å². The molecule has 0 aliphatic carbocycles. The van der Waals surface area contributed by atoms with Crippen LogP contribution in [0.5, 0.6) is 5.75 Å². The number of carbonyl (C=O) groups excluding carboxylic acids is 2. The maximum Gasteiger partial charge on any atom is 0.338 e. The van der Waals surface area contributed by atoms with Crippen LogP contribution in [0, 0.1) is 5.92 Å². The highest BCUT2D eigenvalue weighted by atomic mass is 16.5. The lowest BCUT2D eigenvalue weighted by Gasteiger charge is -2.32. The third-order valence-electron chi connectivity index (χ3n) is 4.94. The largest absolute Gasteiger partial charge is 0.497 e. The Balaban J connectivity index is 1.48. The summed E-state index contributed by atoms with van der Waals surface area (Å²) in [6, 6.07) is 14.4. The minimum Gasteiger partial charge on any atom is -0.497 e. The van der Waals surface area contributed by atoms with Crippen LogP contribution >= 0.6 is 0 Å². The van der Waals surface area contributed by atoms with Gasteiger partial charge in [-0.2, -0.15) is 0 Å². The second kappa shape index (κ2) is 9.26. The zero-order valence-electron chi connectivity index (χ0n) is 16.3. The van der Waals surface area contributed by atoms with Crippen LogP contribution in [0.1, 0.15) is 30.1 Å². The van der Waals surface area contributed by atoms with Gasteiger partial charge in [-0.3, -0.25) is 4.79 Å². The molecule has 0 radical (unpaired) electrons. The number of carbonyl (C=O) groups is 2. The van der Waals surface area contributed by atoms with Gasteiger partial charge in [0.2, 0.25) is 0 Å². The van der Waals surface area contributed by atoms with Crippen LogP contribution in [0.15, 0.2) is 48.5 Å². The van der Waals surface area contributed by atoms with Crippen LogP contribution in [-0.2, 0) is 9.53 Å². The molecular formula is C22H26N2O4. The summed E-state index contributed by atoms with van der Waals surface area (Å²) in [6.45, 7) is 4.07. The van der Waals surface area contributed by atoms with E-state index in [4.69, 9.17) is 9.47 Å². The quantitative estimate of drug-likeness (QED) is 0.771. The zero-order chi connectivity index (χ0) is 19.9. The first-order chi connectivity index (χ1) is 13.5. The third kappa shape index (κ3) is 5.25. The van der Waals surface area contributed by atoms with Gasteiger partial charge in [-0.05, 0) is 61.2 Å². The molecule has 148 valence electrons. The molecule has 0 saturated carbocycles. The molecule has 1 N–H and O–H groups in total. The van der Waals surface area contributed by atoms with Crippen molar-refractivity contribution in [2.24, 2.45) is 5.92 Å². The highest BCUT2D eigenvalue weighted by Crippen LogP contribution is 2.24. The van der Waals surface area contributed by atoms with E-state index < -0.39 is 5.97 Å². The summed E-state index contributed by atoms with van der Waals surface area (Å²) in [5.74, 6) is 0.399. The molecular weight excluding hydrogens is 356 g/mol. The van der Waals surface area contributed by atoms with Gasteiger partial charge in [0.15, 0.2) is 6.61 Å². The molecule has 0 atom stereocenters. The van der Waals surface area contributed by atoms with Crippen LogP contribution in [0.25, 0.3) is 0 Å². The first-order valence-electron chi connectivity index (χ1n) is 9.51. The van der Waals surface area contributed by atoms with Gasteiger partial charge in [0.05, 0.1) is 12.7 Å². The molecule has 3 rings (SSSR count). The zero-order valence-corrected chi connectivity index (χ0v) is 16.3. The summed E-state index contributed by atoms with van der Waals surface area (Å²) in [6.07, 6.45) is 2.41. The van der Waals surface area contributed by atoms with Crippen molar-refractivity contribution >= 4 is 23.3 Å². The van der Waals surface area contributed by atoms with E-state index in [1.54, 1.807) is 24.3 Å². The first-order valence-corrected chi connectivity index (χ1v) is 9.51. The molecule has 1 fully saturated rings. The van der Waals surface area contributed by atoms with Gasteiger partial charge >= 0.3 is 5.97 Å². The van der Waals surface area contributed by atoms with Crippen LogP contribution in [-0.4, -0.2) is 38.7 Å². The Morgan fingerprint density at radius 2 is 1.82 bits per heavy atom. The Bertz CT molecular complexity index is 812. The third-order valence-corrected chi connectivity index (χ3v) is 4.94. The molecule has 1 heterocycles. The van der Waals surface area contributed by atoms with Crippen molar-refractivity contribution in [3.05, 3.63) is 54.1 Å². The van der Waals surface area contributed by atoms with Crippen LogP contribution in [0.2, 0.25) is 0 Å². The molecule has 2 aromatic rings. The normalized spacial score (nSPS) is 14.4. The van der Waals surface area contributed by atoms with E-state index in [0.717, 1.165) is 24.7 Å². The van der Waals surface area contributed by atoms with E-state index in [1.807, 2.05) is 24.3 Å². The van der Waals surface area contributed by atoms with Crippen molar-refractivity contribution in [1.29, 1.82) is 0 Å². The van der Waals surface area contributed by atoms with Gasteiger partial charge in [-0.15, -0.1) is 0 Å². The Labute approximate surface area is 165 Å². The lowest BCUT2D eigenvalue weighted by molar-refractivity contribution is -0.119. The van der Waals surface area contributed by atoms with Gasteiger partial charge < -0.3 is 19.7 Å². The van der Waals surface area contributed by atoms with Crippen LogP contribution < -0.4 is 15.0 Å². The smallest absolute Gasteiger partial charge is 0.338 e. The van der Waals surface area contributed by atoms with Gasteiger partial charge in [0.1, 0.15) is 5.75 Å². The van der Waals surface area contributed by atoms with Crippen molar-refractivity contribution in [1.82, 2.24) is 0 Å². The Kier molecular flexibility index (Phi) is 6.53. The molecule has 1 amide bonds. The molecule has 1 aliphatic rings. The molecule has 0 bridgehead atoms. The maximum absolute atomic E-state index is 12.1. The number of piperidine rings is 1. The fourth-order valence-corrected chi connectivity index (χ4v) is 3.18. The van der Waals surface area contributed by atoms with Crippen molar-refractivity contribution in [2.45, 2.75) is 19.8 Å². The van der Waals surface area contributed by atoms with Crippen molar-refractivity contribution < 1.29 is 19.1 Å². The highest BCUT2D eigenvalue weighted by molar-refractivity contribution is 5.95. The lowest BCUT2D eigenvalue weighted by atomic mass is 9.99. The number of amides is 1. The fourth-order valence-electron chi connectivity index (χ4n) is 3.18. The van der Waals surface area contributed by atoms with E-state index in [9.17, 15) is 9.59 Å². The number of benzene rings is 2. The predicted molar refractivity (Wildman–Crippen MR) is 109 cm³/mol. The van der Waals surface area contributed by atoms with Gasteiger partial charge in [0.25, 0.3) is 5.91 Å². The molecule has 28 heavy (non-hydrogen) atoms. The summed E-state index contributed by atoms with van der Waals surface area (Å²) in [7, 11) is 1.52.